The average molecular weight is 415 g/mol. The van der Waals surface area contributed by atoms with Gasteiger partial charge in [-0.15, -0.1) is 0 Å². The number of imidazole rings is 1. The predicted octanol–water partition coefficient (Wildman–Crippen LogP) is 1.91. The molecule has 1 aliphatic rings. The van der Waals surface area contributed by atoms with E-state index in [-0.39, 0.29) is 6.10 Å². The van der Waals surface area contributed by atoms with Gasteiger partial charge < -0.3 is 14.6 Å². The van der Waals surface area contributed by atoms with Crippen LogP contribution in [0, 0.1) is 5.82 Å². The summed E-state index contributed by atoms with van der Waals surface area (Å²) in [6.07, 6.45) is 5.42. The summed E-state index contributed by atoms with van der Waals surface area (Å²) >= 11 is 4.96. The van der Waals surface area contributed by atoms with Gasteiger partial charge in [-0.25, -0.2) is 23.8 Å². The van der Waals surface area contributed by atoms with Gasteiger partial charge in [0.25, 0.3) is 0 Å². The quantitative estimate of drug-likeness (QED) is 0.615. The van der Waals surface area contributed by atoms with Crippen molar-refractivity contribution in [3.05, 3.63) is 54.9 Å². The lowest BCUT2D eigenvalue weighted by Gasteiger charge is -2.14. The highest BCUT2D eigenvalue weighted by atomic mass is 32.1. The Bertz CT molecular complexity index is 1040. The standard InChI is InChI=1S/C18H18FN7O2S/c1-12(29)21-5-15-8-26(18(27)28-15)14-2-3-17(16(19)4-14)24-6-13(22-11-24)7-25-10-20-9-23-25/h2-4,6,9-11,15H,5,7-8H2,1H3,(H,21,29)/t15-/m0/s1. The van der Waals surface area contributed by atoms with Crippen molar-refractivity contribution in [3.63, 3.8) is 0 Å². The maximum Gasteiger partial charge on any atom is 0.414 e. The minimum Gasteiger partial charge on any atom is -0.442 e. The molecule has 4 rings (SSSR count). The number of nitrogens with zero attached hydrogens (tertiary/aromatic N) is 6. The molecule has 150 valence electrons. The van der Waals surface area contributed by atoms with Crippen LogP contribution in [-0.4, -0.2) is 54.6 Å². The summed E-state index contributed by atoms with van der Waals surface area (Å²) in [5.74, 6) is -0.476. The molecule has 11 heteroatoms. The number of thiocarbonyl (C=S) groups is 1. The number of benzene rings is 1. The number of cyclic esters (lactones) is 1. The van der Waals surface area contributed by atoms with Crippen LogP contribution >= 0.6 is 12.2 Å². The number of nitrogens with one attached hydrogen (secondary N) is 1. The van der Waals surface area contributed by atoms with E-state index in [0.717, 1.165) is 0 Å². The second-order valence-corrected chi connectivity index (χ2v) is 7.17. The van der Waals surface area contributed by atoms with Gasteiger partial charge in [0, 0.05) is 6.20 Å². The first-order valence-electron chi connectivity index (χ1n) is 8.87. The Morgan fingerprint density at radius 1 is 1.41 bits per heavy atom. The molecule has 0 radical (unpaired) electrons. The van der Waals surface area contributed by atoms with Crippen LogP contribution in [0.4, 0.5) is 14.9 Å². The molecule has 1 aromatic carbocycles. The third-order valence-electron chi connectivity index (χ3n) is 4.40. The smallest absolute Gasteiger partial charge is 0.414 e. The molecule has 0 saturated carbocycles. The van der Waals surface area contributed by atoms with Crippen molar-refractivity contribution in [2.75, 3.05) is 18.0 Å². The Morgan fingerprint density at radius 2 is 2.28 bits per heavy atom. The van der Waals surface area contributed by atoms with Crippen LogP contribution in [0.2, 0.25) is 0 Å². The fourth-order valence-corrected chi connectivity index (χ4v) is 3.11. The normalized spacial score (nSPS) is 16.1. The summed E-state index contributed by atoms with van der Waals surface area (Å²) in [6.45, 7) is 2.93. The molecule has 3 aromatic rings. The number of halogens is 1. The van der Waals surface area contributed by atoms with Gasteiger partial charge in [-0.3, -0.25) is 4.90 Å². The SMILES string of the molecule is CC(=S)NC[C@H]1CN(c2ccc(-n3cnc(Cn4cncn4)c3)c(F)c2)C(=O)O1. The molecule has 29 heavy (non-hydrogen) atoms. The first-order chi connectivity index (χ1) is 14.0. The number of hydrogen-bond donors (Lipinski definition) is 1. The number of anilines is 1. The number of amides is 1. The summed E-state index contributed by atoms with van der Waals surface area (Å²) < 4.78 is 23.3. The van der Waals surface area contributed by atoms with Gasteiger partial charge in [0.2, 0.25) is 0 Å². The van der Waals surface area contributed by atoms with E-state index in [1.54, 1.807) is 40.8 Å². The molecule has 1 fully saturated rings. The fourth-order valence-electron chi connectivity index (χ4n) is 3.03. The summed E-state index contributed by atoms with van der Waals surface area (Å²) in [5.41, 5.74) is 1.47. The highest BCUT2D eigenvalue weighted by Gasteiger charge is 2.32. The number of rotatable bonds is 6. The molecule has 0 unspecified atom stereocenters. The molecule has 2 aromatic heterocycles. The molecular formula is C18H18FN7O2S. The van der Waals surface area contributed by atoms with Crippen molar-refractivity contribution in [1.29, 1.82) is 0 Å². The molecular weight excluding hydrogens is 397 g/mol. The van der Waals surface area contributed by atoms with Gasteiger partial charge in [0.15, 0.2) is 0 Å². The Labute approximate surface area is 171 Å². The molecule has 0 aliphatic carbocycles. The van der Waals surface area contributed by atoms with Gasteiger partial charge in [0.05, 0.1) is 48.0 Å². The molecule has 0 spiro atoms. The number of ether oxygens (including phenoxy) is 1. The van der Waals surface area contributed by atoms with Gasteiger partial charge in [-0.1, -0.05) is 12.2 Å². The third-order valence-corrected chi connectivity index (χ3v) is 4.54. The Hall–Kier alpha value is -3.34. The minimum atomic E-state index is -0.510. The topological polar surface area (TPSA) is 90.1 Å². The Balaban J connectivity index is 1.48. The number of hydrogen-bond acceptors (Lipinski definition) is 6. The maximum atomic E-state index is 14.8. The second-order valence-electron chi connectivity index (χ2n) is 6.55. The Morgan fingerprint density at radius 3 is 3.00 bits per heavy atom. The van der Waals surface area contributed by atoms with Crippen LogP contribution in [0.15, 0.2) is 43.4 Å². The third kappa shape index (κ3) is 4.24. The highest BCUT2D eigenvalue weighted by Crippen LogP contribution is 2.25. The van der Waals surface area contributed by atoms with Gasteiger partial charge >= 0.3 is 6.09 Å². The Kier molecular flexibility index (Phi) is 5.21. The molecule has 1 atom stereocenters. The monoisotopic (exact) mass is 415 g/mol. The van der Waals surface area contributed by atoms with E-state index in [4.69, 9.17) is 17.0 Å². The van der Waals surface area contributed by atoms with Crippen LogP contribution in [0.3, 0.4) is 0 Å². The molecule has 0 bridgehead atoms. The summed E-state index contributed by atoms with van der Waals surface area (Å²) in [7, 11) is 0. The van der Waals surface area contributed by atoms with E-state index in [2.05, 4.69) is 20.4 Å². The zero-order chi connectivity index (χ0) is 20.4. The van der Waals surface area contributed by atoms with E-state index in [9.17, 15) is 9.18 Å². The number of carbonyl (C=O) groups excluding carboxylic acids is 1. The van der Waals surface area contributed by atoms with Crippen LogP contribution in [0.5, 0.6) is 0 Å². The molecule has 3 heterocycles. The molecule has 1 amide bonds. The van der Waals surface area contributed by atoms with Gasteiger partial charge in [-0.05, 0) is 25.1 Å². The molecule has 9 nitrogen and oxygen atoms in total. The van der Waals surface area contributed by atoms with E-state index < -0.39 is 11.9 Å². The van der Waals surface area contributed by atoms with Crippen LogP contribution in [0.25, 0.3) is 5.69 Å². The summed E-state index contributed by atoms with van der Waals surface area (Å²) in [5, 5.41) is 7.00. The van der Waals surface area contributed by atoms with E-state index >= 15 is 0 Å². The van der Waals surface area contributed by atoms with Crippen molar-refractivity contribution in [1.82, 2.24) is 29.6 Å². The van der Waals surface area contributed by atoms with Crippen molar-refractivity contribution in [2.45, 2.75) is 19.6 Å². The highest BCUT2D eigenvalue weighted by molar-refractivity contribution is 7.80. The predicted molar refractivity (Wildman–Crippen MR) is 107 cm³/mol. The lowest BCUT2D eigenvalue weighted by Crippen LogP contribution is -2.32. The zero-order valence-corrected chi connectivity index (χ0v) is 16.3. The van der Waals surface area contributed by atoms with Crippen LogP contribution < -0.4 is 10.2 Å². The van der Waals surface area contributed by atoms with E-state index in [0.29, 0.717) is 41.7 Å². The molecule has 1 saturated heterocycles. The van der Waals surface area contributed by atoms with Crippen molar-refractivity contribution in [3.8, 4) is 5.69 Å². The molecule has 1 N–H and O–H groups in total. The van der Waals surface area contributed by atoms with E-state index in [1.807, 2.05) is 0 Å². The van der Waals surface area contributed by atoms with Crippen molar-refractivity contribution >= 4 is 29.0 Å². The first-order valence-corrected chi connectivity index (χ1v) is 9.28. The first kappa shape index (κ1) is 19.0. The lowest BCUT2D eigenvalue weighted by atomic mass is 10.2. The second kappa shape index (κ2) is 7.95. The molecule has 1 aliphatic heterocycles. The zero-order valence-electron chi connectivity index (χ0n) is 15.5. The number of carbonyl (C=O) groups is 1. The van der Waals surface area contributed by atoms with Crippen molar-refractivity contribution in [2.24, 2.45) is 0 Å². The van der Waals surface area contributed by atoms with E-state index in [1.165, 1.54) is 23.6 Å². The lowest BCUT2D eigenvalue weighted by molar-refractivity contribution is 0.143. The van der Waals surface area contributed by atoms with Gasteiger partial charge in [-0.2, -0.15) is 5.10 Å². The summed E-state index contributed by atoms with van der Waals surface area (Å²) in [6, 6.07) is 4.59. The average Bonchev–Trinajstić information content (AvgIpc) is 3.42. The fraction of sp³-hybridized carbons (Fsp3) is 0.278. The summed E-state index contributed by atoms with van der Waals surface area (Å²) in [4.78, 5) is 22.3. The van der Waals surface area contributed by atoms with Crippen LogP contribution in [0.1, 0.15) is 12.6 Å². The largest absolute Gasteiger partial charge is 0.442 e. The van der Waals surface area contributed by atoms with Gasteiger partial charge in [0.1, 0.15) is 24.6 Å². The number of aromatic nitrogens is 5. The van der Waals surface area contributed by atoms with Crippen LogP contribution in [-0.2, 0) is 11.3 Å². The van der Waals surface area contributed by atoms with Crippen molar-refractivity contribution < 1.29 is 13.9 Å². The maximum absolute atomic E-state index is 14.8. The minimum absolute atomic E-state index is 0.320.